The van der Waals surface area contributed by atoms with E-state index in [0.29, 0.717) is 29.3 Å². The number of ketones is 1. The van der Waals surface area contributed by atoms with Crippen molar-refractivity contribution in [3.05, 3.63) is 17.0 Å². The van der Waals surface area contributed by atoms with Crippen LogP contribution in [0.5, 0.6) is 0 Å². The van der Waals surface area contributed by atoms with Crippen LogP contribution < -0.4 is 0 Å². The van der Waals surface area contributed by atoms with Crippen molar-refractivity contribution < 1.29 is 19.4 Å². The van der Waals surface area contributed by atoms with Crippen LogP contribution in [-0.2, 0) is 29.1 Å². The smallest absolute Gasteiger partial charge is 0.356 e. The Balaban J connectivity index is 0.000000212. The van der Waals surface area contributed by atoms with E-state index < -0.39 is 14.0 Å². The molecule has 6 nitrogen and oxygen atoms in total. The SMILES string of the molecule is CC12CC(=O)CCC1C2.CC12Cc3c(c(C(=O)O)nn3COCC[Si](C)(C)C)CC1C2. The molecular weight excluding hydrogens is 408 g/mol. The van der Waals surface area contributed by atoms with Gasteiger partial charge in [-0.1, -0.05) is 33.5 Å². The van der Waals surface area contributed by atoms with E-state index in [4.69, 9.17) is 4.74 Å². The number of fused-ring (bicyclic) bond motifs is 3. The minimum absolute atomic E-state index is 0.234. The Morgan fingerprint density at radius 1 is 1.19 bits per heavy atom. The van der Waals surface area contributed by atoms with Crippen molar-refractivity contribution in [3.63, 3.8) is 0 Å². The average Bonchev–Trinajstić information content (AvgIpc) is 3.47. The Bertz CT molecular complexity index is 889. The van der Waals surface area contributed by atoms with Gasteiger partial charge in [-0.25, -0.2) is 9.48 Å². The van der Waals surface area contributed by atoms with Crippen LogP contribution in [0, 0.1) is 22.7 Å². The molecule has 4 unspecified atom stereocenters. The van der Waals surface area contributed by atoms with Crippen LogP contribution in [0.2, 0.25) is 25.7 Å². The molecule has 0 aromatic carbocycles. The number of Topliss-reactive ketones (excluding diaryl/α,β-unsaturated/α-hetero) is 1. The quantitative estimate of drug-likeness (QED) is 0.502. The third-order valence-corrected chi connectivity index (χ3v) is 9.75. The summed E-state index contributed by atoms with van der Waals surface area (Å²) in [6.07, 6.45) is 7.23. The Morgan fingerprint density at radius 2 is 1.87 bits per heavy atom. The lowest BCUT2D eigenvalue weighted by Gasteiger charge is -2.20. The summed E-state index contributed by atoms with van der Waals surface area (Å²) in [7, 11) is -1.10. The molecule has 3 fully saturated rings. The van der Waals surface area contributed by atoms with Crippen molar-refractivity contribution in [2.24, 2.45) is 22.7 Å². The number of nitrogens with zero attached hydrogens (tertiary/aromatic N) is 2. The number of ether oxygens (including phenoxy) is 1. The molecule has 1 heterocycles. The first-order chi connectivity index (χ1) is 14.4. The van der Waals surface area contributed by atoms with Gasteiger partial charge < -0.3 is 9.84 Å². The molecule has 172 valence electrons. The van der Waals surface area contributed by atoms with Gasteiger partial charge in [-0.3, -0.25) is 4.79 Å². The third kappa shape index (κ3) is 4.97. The second-order valence-electron chi connectivity index (χ2n) is 12.2. The maximum Gasteiger partial charge on any atom is 0.356 e. The maximum atomic E-state index is 11.4. The monoisotopic (exact) mass is 446 g/mol. The molecule has 4 aliphatic carbocycles. The minimum Gasteiger partial charge on any atom is -0.476 e. The molecule has 7 heteroatoms. The molecule has 0 aliphatic heterocycles. The molecule has 0 bridgehead atoms. The summed E-state index contributed by atoms with van der Waals surface area (Å²) in [5.41, 5.74) is 3.09. The first kappa shape index (κ1) is 22.7. The minimum atomic E-state index is -1.10. The zero-order valence-corrected chi connectivity index (χ0v) is 20.8. The number of carboxylic acids is 1. The topological polar surface area (TPSA) is 81.4 Å². The number of rotatable bonds is 6. The van der Waals surface area contributed by atoms with Gasteiger partial charge in [-0.2, -0.15) is 5.10 Å². The predicted molar refractivity (Wildman–Crippen MR) is 122 cm³/mol. The number of hydrogen-bond donors (Lipinski definition) is 1. The second kappa shape index (κ2) is 7.83. The van der Waals surface area contributed by atoms with Crippen molar-refractivity contribution >= 4 is 19.8 Å². The van der Waals surface area contributed by atoms with Gasteiger partial charge in [0.1, 0.15) is 12.5 Å². The number of carbonyl (C=O) groups excluding carboxylic acids is 1. The zero-order valence-electron chi connectivity index (χ0n) is 19.8. The van der Waals surface area contributed by atoms with Gasteiger partial charge in [0.15, 0.2) is 5.69 Å². The normalized spacial score (nSPS) is 32.9. The van der Waals surface area contributed by atoms with Crippen molar-refractivity contribution in [2.75, 3.05) is 6.61 Å². The molecule has 1 aromatic rings. The average molecular weight is 447 g/mol. The summed E-state index contributed by atoms with van der Waals surface area (Å²) in [6, 6.07) is 1.11. The van der Waals surface area contributed by atoms with Gasteiger partial charge in [0, 0.05) is 38.8 Å². The fourth-order valence-electron chi connectivity index (χ4n) is 5.47. The van der Waals surface area contributed by atoms with Gasteiger partial charge >= 0.3 is 5.97 Å². The molecule has 0 saturated heterocycles. The number of aromatic nitrogens is 2. The lowest BCUT2D eigenvalue weighted by atomic mass is 9.87. The summed E-state index contributed by atoms with van der Waals surface area (Å²) in [4.78, 5) is 22.3. The first-order valence-electron chi connectivity index (χ1n) is 11.8. The summed E-state index contributed by atoms with van der Waals surface area (Å²) < 4.78 is 7.57. The highest BCUT2D eigenvalue weighted by molar-refractivity contribution is 6.76. The van der Waals surface area contributed by atoms with Crippen molar-refractivity contribution in [2.45, 2.75) is 91.2 Å². The molecule has 1 aromatic heterocycles. The Labute approximate surface area is 186 Å². The fraction of sp³-hybridized carbons (Fsp3) is 0.792. The maximum absolute atomic E-state index is 11.4. The number of aromatic carboxylic acids is 1. The van der Waals surface area contributed by atoms with Gasteiger partial charge in [-0.15, -0.1) is 0 Å². The predicted octanol–water partition coefficient (Wildman–Crippen LogP) is 4.78. The molecule has 4 aliphatic rings. The molecule has 0 amide bonds. The number of carbonyl (C=O) groups is 2. The van der Waals surface area contributed by atoms with Crippen LogP contribution in [0.25, 0.3) is 0 Å². The molecule has 3 saturated carbocycles. The van der Waals surface area contributed by atoms with E-state index in [-0.39, 0.29) is 5.69 Å². The molecule has 0 radical (unpaired) electrons. The van der Waals surface area contributed by atoms with E-state index >= 15 is 0 Å². The van der Waals surface area contributed by atoms with Gasteiger partial charge in [0.05, 0.1) is 0 Å². The van der Waals surface area contributed by atoms with E-state index in [0.717, 1.165) is 55.5 Å². The molecule has 4 atom stereocenters. The number of carboxylic acid groups (broad SMARTS) is 1. The Morgan fingerprint density at radius 3 is 2.48 bits per heavy atom. The molecule has 5 rings (SSSR count). The highest BCUT2D eigenvalue weighted by atomic mass is 28.3. The highest BCUT2D eigenvalue weighted by Gasteiger charge is 2.54. The summed E-state index contributed by atoms with van der Waals surface area (Å²) in [6.45, 7) is 12.6. The zero-order chi connectivity index (χ0) is 22.6. The van der Waals surface area contributed by atoms with Crippen LogP contribution in [0.4, 0.5) is 0 Å². The summed E-state index contributed by atoms with van der Waals surface area (Å²) in [5.74, 6) is 1.13. The van der Waals surface area contributed by atoms with E-state index in [2.05, 4.69) is 38.6 Å². The van der Waals surface area contributed by atoms with Crippen LogP contribution >= 0.6 is 0 Å². The third-order valence-electron chi connectivity index (χ3n) is 8.05. The van der Waals surface area contributed by atoms with E-state index in [1.54, 1.807) is 4.68 Å². The molecular formula is C24H38N2O4Si. The Kier molecular flexibility index (Phi) is 5.74. The van der Waals surface area contributed by atoms with Crippen LogP contribution in [0.3, 0.4) is 0 Å². The fourth-order valence-corrected chi connectivity index (χ4v) is 6.22. The van der Waals surface area contributed by atoms with Gasteiger partial charge in [0.25, 0.3) is 0 Å². The molecule has 0 spiro atoms. The van der Waals surface area contributed by atoms with E-state index in [1.165, 1.54) is 19.3 Å². The van der Waals surface area contributed by atoms with Crippen LogP contribution in [-0.4, -0.2) is 41.3 Å². The largest absolute Gasteiger partial charge is 0.476 e. The first-order valence-corrected chi connectivity index (χ1v) is 15.5. The Hall–Kier alpha value is -1.47. The van der Waals surface area contributed by atoms with Gasteiger partial charge in [0.2, 0.25) is 0 Å². The molecule has 1 N–H and O–H groups in total. The molecule has 31 heavy (non-hydrogen) atoms. The summed E-state index contributed by atoms with van der Waals surface area (Å²) in [5, 5.41) is 13.7. The lowest BCUT2D eigenvalue weighted by molar-refractivity contribution is -0.121. The van der Waals surface area contributed by atoms with Gasteiger partial charge in [-0.05, 0) is 60.8 Å². The van der Waals surface area contributed by atoms with E-state index in [1.807, 2.05) is 0 Å². The van der Waals surface area contributed by atoms with Crippen molar-refractivity contribution in [1.29, 1.82) is 0 Å². The van der Waals surface area contributed by atoms with E-state index in [9.17, 15) is 14.7 Å². The second-order valence-corrected chi connectivity index (χ2v) is 17.8. The van der Waals surface area contributed by atoms with Crippen LogP contribution in [0.15, 0.2) is 0 Å². The summed E-state index contributed by atoms with van der Waals surface area (Å²) >= 11 is 0. The van der Waals surface area contributed by atoms with Crippen molar-refractivity contribution in [3.8, 4) is 0 Å². The lowest BCUT2D eigenvalue weighted by Crippen LogP contribution is -2.23. The van der Waals surface area contributed by atoms with Crippen LogP contribution in [0.1, 0.15) is 67.7 Å². The number of hydrogen-bond acceptors (Lipinski definition) is 4. The highest BCUT2D eigenvalue weighted by Crippen LogP contribution is 2.60. The standard InChI is InChI=1S/C16H26N2O3Si.C8H12O/c1-16-8-11(16)7-12-13(9-16)18(17-14(12)15(19)20)10-21-5-6-22(2,3)4;1-8-4-6(8)2-3-7(9)5-8/h11H,5-10H2,1-4H3,(H,19,20);6H,2-5H2,1H3. The van der Waals surface area contributed by atoms with Crippen molar-refractivity contribution in [1.82, 2.24) is 9.78 Å².